The van der Waals surface area contributed by atoms with Crippen LogP contribution in [0.4, 0.5) is 20.6 Å². The zero-order valence-corrected chi connectivity index (χ0v) is 25.9. The normalized spacial score (nSPS) is 16.9. The number of benzene rings is 3. The number of hydrogen-bond donors (Lipinski definition) is 3. The molecule has 3 aromatic carbocycles. The molecule has 10 nitrogen and oxygen atoms in total. The first-order chi connectivity index (χ1) is 21.6. The first-order valence-electron chi connectivity index (χ1n) is 14.4. The van der Waals surface area contributed by atoms with Gasteiger partial charge in [-0.2, -0.15) is 0 Å². The molecule has 0 radical (unpaired) electrons. The van der Waals surface area contributed by atoms with Crippen molar-refractivity contribution in [2.75, 3.05) is 37.4 Å². The number of urea groups is 1. The van der Waals surface area contributed by atoms with Gasteiger partial charge in [-0.25, -0.2) is 14.2 Å². The maximum absolute atomic E-state index is 13.8. The van der Waals surface area contributed by atoms with Gasteiger partial charge in [-0.15, -0.1) is 11.3 Å². The molecule has 0 saturated carbocycles. The lowest BCUT2D eigenvalue weighted by Crippen LogP contribution is -2.50. The number of hydrogen-bond acceptors (Lipinski definition) is 7. The molecule has 2 heterocycles. The fraction of sp³-hybridized carbons (Fsp3) is 0.273. The van der Waals surface area contributed by atoms with Gasteiger partial charge in [0.2, 0.25) is 0 Å². The maximum atomic E-state index is 13.8. The molecule has 0 unspecified atom stereocenters. The zero-order valence-electron chi connectivity index (χ0n) is 25.1. The van der Waals surface area contributed by atoms with E-state index in [2.05, 4.69) is 15.6 Å². The number of amides is 4. The third-order valence-electron chi connectivity index (χ3n) is 7.66. The molecule has 0 bridgehead atoms. The number of nitrogens with zero attached hydrogens (tertiary/aromatic N) is 3. The van der Waals surface area contributed by atoms with Crippen molar-refractivity contribution in [3.05, 3.63) is 95.3 Å². The van der Waals surface area contributed by atoms with Crippen molar-refractivity contribution in [1.29, 1.82) is 0 Å². The number of aliphatic hydroxyl groups is 1. The standard InChI is InChI=1S/C33H34FN5O5S/c1-20-17-39(21(2)19-40)32(42)26-5-4-6-27(37-30(41)22-7-9-23(10-8-22)31-35-15-16-45-31)29(26)44-28(20)18-38(3)33(43)36-25-13-11-24(34)12-14-25/h4-16,20-21,28,40H,17-19H2,1-3H3,(H,36,43)(H,37,41)/t20-,21-,28-/m0/s1. The van der Waals surface area contributed by atoms with Crippen LogP contribution in [0.15, 0.2) is 78.3 Å². The highest BCUT2D eigenvalue weighted by Gasteiger charge is 2.35. The van der Waals surface area contributed by atoms with Crippen molar-refractivity contribution in [2.45, 2.75) is 26.0 Å². The highest BCUT2D eigenvalue weighted by molar-refractivity contribution is 7.13. The van der Waals surface area contributed by atoms with E-state index in [0.717, 1.165) is 10.6 Å². The zero-order chi connectivity index (χ0) is 32.1. The number of thiazole rings is 1. The SMILES string of the molecule is C[C@H]1CN([C@@H](C)CO)C(=O)c2cccc(NC(=O)c3ccc(-c4nccs4)cc3)c2O[C@H]1CN(C)C(=O)Nc1ccc(F)cc1. The van der Waals surface area contributed by atoms with E-state index >= 15 is 0 Å². The molecule has 45 heavy (non-hydrogen) atoms. The minimum atomic E-state index is -0.607. The van der Waals surface area contributed by atoms with E-state index in [9.17, 15) is 23.9 Å². The molecule has 0 aliphatic carbocycles. The number of rotatable bonds is 8. The summed E-state index contributed by atoms with van der Waals surface area (Å²) < 4.78 is 19.8. The van der Waals surface area contributed by atoms with Crippen LogP contribution >= 0.6 is 11.3 Å². The van der Waals surface area contributed by atoms with Gasteiger partial charge in [-0.05, 0) is 55.5 Å². The molecule has 0 saturated heterocycles. The smallest absolute Gasteiger partial charge is 0.321 e. The van der Waals surface area contributed by atoms with E-state index in [0.29, 0.717) is 16.9 Å². The quantitative estimate of drug-likeness (QED) is 0.233. The molecule has 3 atom stereocenters. The summed E-state index contributed by atoms with van der Waals surface area (Å²) in [4.78, 5) is 47.5. The van der Waals surface area contributed by atoms with Crippen molar-refractivity contribution >= 4 is 40.6 Å². The van der Waals surface area contributed by atoms with Crippen molar-refractivity contribution in [2.24, 2.45) is 5.92 Å². The summed E-state index contributed by atoms with van der Waals surface area (Å²) in [6.07, 6.45) is 1.11. The fourth-order valence-electron chi connectivity index (χ4n) is 4.99. The second kappa shape index (κ2) is 13.9. The highest BCUT2D eigenvalue weighted by Crippen LogP contribution is 2.35. The number of carbonyl (C=O) groups excluding carboxylic acids is 3. The molecule has 5 rings (SSSR count). The summed E-state index contributed by atoms with van der Waals surface area (Å²) in [7, 11) is 1.61. The first-order valence-corrected chi connectivity index (χ1v) is 15.3. The molecule has 0 fully saturated rings. The average molecular weight is 632 g/mol. The number of para-hydroxylation sites is 1. The van der Waals surface area contributed by atoms with Crippen LogP contribution in [0.2, 0.25) is 0 Å². The number of anilines is 2. The molecule has 4 aromatic rings. The van der Waals surface area contributed by atoms with E-state index in [1.165, 1.54) is 40.5 Å². The van der Waals surface area contributed by atoms with Gasteiger partial charge >= 0.3 is 6.03 Å². The van der Waals surface area contributed by atoms with Crippen LogP contribution in [0.3, 0.4) is 0 Å². The summed E-state index contributed by atoms with van der Waals surface area (Å²) >= 11 is 1.50. The van der Waals surface area contributed by atoms with Gasteiger partial charge in [0, 0.05) is 47.9 Å². The number of aromatic nitrogens is 1. The van der Waals surface area contributed by atoms with Crippen molar-refractivity contribution in [3.8, 4) is 16.3 Å². The van der Waals surface area contributed by atoms with Crippen LogP contribution in [0.1, 0.15) is 34.6 Å². The summed E-state index contributed by atoms with van der Waals surface area (Å²) in [6.45, 7) is 3.80. The molecular formula is C33H34FN5O5S. The van der Waals surface area contributed by atoms with Crippen LogP contribution in [-0.4, -0.2) is 76.6 Å². The van der Waals surface area contributed by atoms with E-state index in [1.807, 2.05) is 24.4 Å². The van der Waals surface area contributed by atoms with E-state index in [1.54, 1.807) is 55.4 Å². The lowest BCUT2D eigenvalue weighted by molar-refractivity contribution is 0.0372. The van der Waals surface area contributed by atoms with Gasteiger partial charge in [-0.1, -0.05) is 25.1 Å². The number of aliphatic hydroxyl groups excluding tert-OH is 1. The summed E-state index contributed by atoms with van der Waals surface area (Å²) in [5.74, 6) is -1.26. The van der Waals surface area contributed by atoms with E-state index < -0.39 is 29.9 Å². The predicted octanol–water partition coefficient (Wildman–Crippen LogP) is 5.59. The van der Waals surface area contributed by atoms with E-state index in [4.69, 9.17) is 4.74 Å². The molecule has 1 aromatic heterocycles. The summed E-state index contributed by atoms with van der Waals surface area (Å²) in [5, 5.41) is 18.3. The summed E-state index contributed by atoms with van der Waals surface area (Å²) in [5.41, 5.74) is 2.25. The third-order valence-corrected chi connectivity index (χ3v) is 8.48. The number of halogens is 1. The van der Waals surface area contributed by atoms with Gasteiger partial charge in [-0.3, -0.25) is 9.59 Å². The number of likely N-dealkylation sites (N-methyl/N-ethyl adjacent to an activating group) is 1. The second-order valence-corrected chi connectivity index (χ2v) is 11.9. The molecular weight excluding hydrogens is 597 g/mol. The number of ether oxygens (including phenoxy) is 1. The fourth-order valence-corrected chi connectivity index (χ4v) is 5.63. The second-order valence-electron chi connectivity index (χ2n) is 11.0. The monoisotopic (exact) mass is 631 g/mol. The Morgan fingerprint density at radius 3 is 2.53 bits per heavy atom. The van der Waals surface area contributed by atoms with Crippen molar-refractivity contribution in [3.63, 3.8) is 0 Å². The topological polar surface area (TPSA) is 124 Å². The summed E-state index contributed by atoms with van der Waals surface area (Å²) in [6, 6.07) is 16.5. The number of nitrogens with one attached hydrogen (secondary N) is 2. The van der Waals surface area contributed by atoms with Gasteiger partial charge in [0.25, 0.3) is 11.8 Å². The lowest BCUT2D eigenvalue weighted by Gasteiger charge is -2.38. The van der Waals surface area contributed by atoms with Crippen LogP contribution < -0.4 is 15.4 Å². The Labute approximate surface area is 264 Å². The van der Waals surface area contributed by atoms with Crippen molar-refractivity contribution < 1.29 is 28.6 Å². The van der Waals surface area contributed by atoms with Gasteiger partial charge in [0.1, 0.15) is 16.9 Å². The Balaban J connectivity index is 1.42. The van der Waals surface area contributed by atoms with E-state index in [-0.39, 0.29) is 42.8 Å². The van der Waals surface area contributed by atoms with Gasteiger partial charge in [0.05, 0.1) is 30.4 Å². The first kappa shape index (κ1) is 31.6. The molecule has 1 aliphatic rings. The lowest BCUT2D eigenvalue weighted by atomic mass is 9.99. The molecule has 12 heteroatoms. The molecule has 234 valence electrons. The van der Waals surface area contributed by atoms with Gasteiger partial charge in [0.15, 0.2) is 5.75 Å². The Kier molecular flexibility index (Phi) is 9.74. The largest absolute Gasteiger partial charge is 0.485 e. The van der Waals surface area contributed by atoms with Crippen LogP contribution in [0.5, 0.6) is 5.75 Å². The Morgan fingerprint density at radius 1 is 1.13 bits per heavy atom. The Morgan fingerprint density at radius 2 is 1.87 bits per heavy atom. The molecule has 3 N–H and O–H groups in total. The van der Waals surface area contributed by atoms with Crippen molar-refractivity contribution in [1.82, 2.24) is 14.8 Å². The third kappa shape index (κ3) is 7.30. The van der Waals surface area contributed by atoms with Crippen LogP contribution in [0.25, 0.3) is 10.6 Å². The molecule has 0 spiro atoms. The van der Waals surface area contributed by atoms with Crippen LogP contribution in [-0.2, 0) is 0 Å². The highest BCUT2D eigenvalue weighted by atomic mass is 32.1. The Hall–Kier alpha value is -4.81. The minimum Gasteiger partial charge on any atom is -0.485 e. The number of carbonyl (C=O) groups is 3. The Bertz CT molecular complexity index is 1650. The minimum absolute atomic E-state index is 0.129. The molecule has 1 aliphatic heterocycles. The van der Waals surface area contributed by atoms with Crippen LogP contribution in [0, 0.1) is 11.7 Å². The number of fused-ring (bicyclic) bond motifs is 1. The molecule has 4 amide bonds. The predicted molar refractivity (Wildman–Crippen MR) is 171 cm³/mol. The maximum Gasteiger partial charge on any atom is 0.321 e. The average Bonchev–Trinajstić information content (AvgIpc) is 3.59. The van der Waals surface area contributed by atoms with Gasteiger partial charge < -0.3 is 30.3 Å².